The Morgan fingerprint density at radius 3 is 3.00 bits per heavy atom. The quantitative estimate of drug-likeness (QED) is 0.801. The first-order chi connectivity index (χ1) is 8.08. The Hall–Kier alpha value is -1.85. The van der Waals surface area contributed by atoms with Crippen molar-refractivity contribution in [2.45, 2.75) is 32.2 Å². The van der Waals surface area contributed by atoms with Crippen LogP contribution in [0.25, 0.3) is 0 Å². The van der Waals surface area contributed by atoms with Gasteiger partial charge in [0.2, 0.25) is 11.8 Å². The van der Waals surface area contributed by atoms with E-state index < -0.39 is 11.9 Å². The summed E-state index contributed by atoms with van der Waals surface area (Å²) in [5.74, 6) is -0.0605. The van der Waals surface area contributed by atoms with Gasteiger partial charge in [0.15, 0.2) is 0 Å². The minimum absolute atomic E-state index is 0.130. The largest absolute Gasteiger partial charge is 0.368 e. The summed E-state index contributed by atoms with van der Waals surface area (Å²) in [5, 5.41) is 3.71. The SMILES string of the molecule is Cc1cc(CC(=O)N2CCCC2C(N)=O)on1. The molecule has 1 aromatic heterocycles. The number of likely N-dealkylation sites (tertiary alicyclic amines) is 1. The van der Waals surface area contributed by atoms with E-state index in [4.69, 9.17) is 10.3 Å². The van der Waals surface area contributed by atoms with Crippen molar-refractivity contribution in [3.05, 3.63) is 17.5 Å². The van der Waals surface area contributed by atoms with Gasteiger partial charge < -0.3 is 15.2 Å². The van der Waals surface area contributed by atoms with Crippen molar-refractivity contribution in [1.82, 2.24) is 10.1 Å². The third-order valence-electron chi connectivity index (χ3n) is 2.90. The van der Waals surface area contributed by atoms with Crippen LogP contribution in [0, 0.1) is 6.92 Å². The molecule has 1 aromatic rings. The number of aryl methyl sites for hydroxylation is 1. The summed E-state index contributed by atoms with van der Waals surface area (Å²) < 4.78 is 4.98. The first kappa shape index (κ1) is 11.6. The topological polar surface area (TPSA) is 89.4 Å². The van der Waals surface area contributed by atoms with Crippen LogP contribution in [0.15, 0.2) is 10.6 Å². The minimum Gasteiger partial charge on any atom is -0.368 e. The summed E-state index contributed by atoms with van der Waals surface area (Å²) in [5.41, 5.74) is 5.99. The van der Waals surface area contributed by atoms with Crippen molar-refractivity contribution < 1.29 is 14.1 Å². The van der Waals surface area contributed by atoms with E-state index in [-0.39, 0.29) is 12.3 Å². The second kappa shape index (κ2) is 4.57. The Morgan fingerprint density at radius 1 is 1.65 bits per heavy atom. The van der Waals surface area contributed by atoms with Crippen LogP contribution >= 0.6 is 0 Å². The molecule has 0 radical (unpaired) electrons. The van der Waals surface area contributed by atoms with Crippen molar-refractivity contribution in [2.75, 3.05) is 6.54 Å². The third kappa shape index (κ3) is 2.46. The monoisotopic (exact) mass is 237 g/mol. The summed E-state index contributed by atoms with van der Waals surface area (Å²) in [6.07, 6.45) is 1.59. The van der Waals surface area contributed by atoms with E-state index in [2.05, 4.69) is 5.16 Å². The van der Waals surface area contributed by atoms with Gasteiger partial charge in [-0.05, 0) is 19.8 Å². The van der Waals surface area contributed by atoms with Gasteiger partial charge in [-0.3, -0.25) is 9.59 Å². The summed E-state index contributed by atoms with van der Waals surface area (Å²) in [6, 6.07) is 1.25. The van der Waals surface area contributed by atoms with Crippen molar-refractivity contribution in [3.63, 3.8) is 0 Å². The molecule has 6 heteroatoms. The molecule has 2 N–H and O–H groups in total. The zero-order valence-corrected chi connectivity index (χ0v) is 9.68. The fraction of sp³-hybridized carbons (Fsp3) is 0.545. The highest BCUT2D eigenvalue weighted by molar-refractivity contribution is 5.87. The van der Waals surface area contributed by atoms with Gasteiger partial charge in [0.25, 0.3) is 0 Å². The smallest absolute Gasteiger partial charge is 0.240 e. The van der Waals surface area contributed by atoms with Gasteiger partial charge >= 0.3 is 0 Å². The van der Waals surface area contributed by atoms with Gasteiger partial charge in [-0.25, -0.2) is 0 Å². The Bertz CT molecular complexity index is 441. The molecule has 2 amide bonds. The van der Waals surface area contributed by atoms with E-state index in [1.807, 2.05) is 0 Å². The molecule has 2 rings (SSSR count). The number of aromatic nitrogens is 1. The number of hydrogen-bond acceptors (Lipinski definition) is 4. The molecule has 1 saturated heterocycles. The normalized spacial score (nSPS) is 19.6. The van der Waals surface area contributed by atoms with E-state index in [0.29, 0.717) is 18.7 Å². The molecule has 2 heterocycles. The number of carbonyl (C=O) groups excluding carboxylic acids is 2. The predicted octanol–water partition coefficient (Wildman–Crippen LogP) is 0.00182. The lowest BCUT2D eigenvalue weighted by Crippen LogP contribution is -2.44. The Balaban J connectivity index is 2.02. The molecular formula is C11H15N3O3. The fourth-order valence-electron chi connectivity index (χ4n) is 2.11. The highest BCUT2D eigenvalue weighted by atomic mass is 16.5. The number of amides is 2. The molecule has 6 nitrogen and oxygen atoms in total. The first-order valence-corrected chi connectivity index (χ1v) is 5.59. The lowest BCUT2D eigenvalue weighted by atomic mass is 10.2. The molecule has 1 aliphatic rings. The van der Waals surface area contributed by atoms with Crippen LogP contribution in [-0.4, -0.2) is 34.5 Å². The summed E-state index contributed by atoms with van der Waals surface area (Å²) >= 11 is 0. The standard InChI is InChI=1S/C11H15N3O3/c1-7-5-8(17-13-7)6-10(15)14-4-2-3-9(14)11(12)16/h5,9H,2-4,6H2,1H3,(H2,12,16). The molecular weight excluding hydrogens is 222 g/mol. The molecule has 1 atom stereocenters. The van der Waals surface area contributed by atoms with Crippen LogP contribution in [0.4, 0.5) is 0 Å². The van der Waals surface area contributed by atoms with E-state index >= 15 is 0 Å². The maximum Gasteiger partial charge on any atom is 0.240 e. The number of nitrogens with two attached hydrogens (primary N) is 1. The Kier molecular flexibility index (Phi) is 3.12. The van der Waals surface area contributed by atoms with Crippen LogP contribution < -0.4 is 5.73 Å². The minimum atomic E-state index is -0.466. The Morgan fingerprint density at radius 2 is 2.41 bits per heavy atom. The highest BCUT2D eigenvalue weighted by Crippen LogP contribution is 2.18. The molecule has 1 unspecified atom stereocenters. The van der Waals surface area contributed by atoms with Gasteiger partial charge in [-0.15, -0.1) is 0 Å². The van der Waals surface area contributed by atoms with Crippen molar-refractivity contribution in [3.8, 4) is 0 Å². The maximum atomic E-state index is 12.0. The van der Waals surface area contributed by atoms with Crippen LogP contribution in [0.1, 0.15) is 24.3 Å². The number of primary amides is 1. The fourth-order valence-corrected chi connectivity index (χ4v) is 2.11. The number of nitrogens with zero attached hydrogens (tertiary/aromatic N) is 2. The third-order valence-corrected chi connectivity index (χ3v) is 2.90. The van der Waals surface area contributed by atoms with Gasteiger partial charge in [0.1, 0.15) is 11.8 Å². The van der Waals surface area contributed by atoms with Crippen LogP contribution in [0.5, 0.6) is 0 Å². The van der Waals surface area contributed by atoms with Crippen molar-refractivity contribution in [1.29, 1.82) is 0 Å². The van der Waals surface area contributed by atoms with E-state index in [1.165, 1.54) is 4.90 Å². The molecule has 0 bridgehead atoms. The van der Waals surface area contributed by atoms with E-state index in [9.17, 15) is 9.59 Å². The highest BCUT2D eigenvalue weighted by Gasteiger charge is 2.32. The van der Waals surface area contributed by atoms with Gasteiger partial charge in [0, 0.05) is 12.6 Å². The number of carbonyl (C=O) groups is 2. The van der Waals surface area contributed by atoms with E-state index in [1.54, 1.807) is 13.0 Å². The molecule has 0 aromatic carbocycles. The zero-order chi connectivity index (χ0) is 12.4. The van der Waals surface area contributed by atoms with Crippen LogP contribution in [0.2, 0.25) is 0 Å². The second-order valence-electron chi connectivity index (χ2n) is 4.26. The average Bonchev–Trinajstić information content (AvgIpc) is 2.86. The van der Waals surface area contributed by atoms with Crippen LogP contribution in [-0.2, 0) is 16.0 Å². The number of rotatable bonds is 3. The molecule has 0 aliphatic carbocycles. The van der Waals surface area contributed by atoms with Crippen molar-refractivity contribution >= 4 is 11.8 Å². The lowest BCUT2D eigenvalue weighted by Gasteiger charge is -2.21. The number of hydrogen-bond donors (Lipinski definition) is 1. The van der Waals surface area contributed by atoms with Gasteiger partial charge in [-0.1, -0.05) is 5.16 Å². The molecule has 1 fully saturated rings. The van der Waals surface area contributed by atoms with Crippen LogP contribution in [0.3, 0.4) is 0 Å². The lowest BCUT2D eigenvalue weighted by molar-refractivity contribution is -0.137. The first-order valence-electron chi connectivity index (χ1n) is 5.59. The predicted molar refractivity (Wildman–Crippen MR) is 58.9 cm³/mol. The van der Waals surface area contributed by atoms with Crippen molar-refractivity contribution in [2.24, 2.45) is 5.73 Å². The molecule has 17 heavy (non-hydrogen) atoms. The average molecular weight is 237 g/mol. The second-order valence-corrected chi connectivity index (χ2v) is 4.26. The van der Waals surface area contributed by atoms with Gasteiger partial charge in [-0.2, -0.15) is 0 Å². The van der Waals surface area contributed by atoms with Gasteiger partial charge in [0.05, 0.1) is 12.1 Å². The molecule has 92 valence electrons. The summed E-state index contributed by atoms with van der Waals surface area (Å²) in [4.78, 5) is 24.7. The Labute approximate surface area is 98.7 Å². The zero-order valence-electron chi connectivity index (χ0n) is 9.68. The molecule has 0 saturated carbocycles. The maximum absolute atomic E-state index is 12.0. The molecule has 1 aliphatic heterocycles. The van der Waals surface area contributed by atoms with E-state index in [0.717, 1.165) is 12.1 Å². The summed E-state index contributed by atoms with van der Waals surface area (Å²) in [6.45, 7) is 2.37. The summed E-state index contributed by atoms with van der Waals surface area (Å²) in [7, 11) is 0. The molecule has 0 spiro atoms.